The molecule has 1 nitrogen and oxygen atoms in total. The molecule has 1 aliphatic rings. The van der Waals surface area contributed by atoms with Crippen LogP contribution in [-0.4, -0.2) is 12.6 Å². The third-order valence-electron chi connectivity index (χ3n) is 3.87. The molecule has 0 radical (unpaired) electrons. The van der Waals surface area contributed by atoms with E-state index < -0.39 is 0 Å². The number of nitrogens with one attached hydrogen (secondary N) is 1. The lowest BCUT2D eigenvalue weighted by Gasteiger charge is -2.24. The Kier molecular flexibility index (Phi) is 5.07. The molecule has 0 saturated heterocycles. The van der Waals surface area contributed by atoms with E-state index in [2.05, 4.69) is 46.5 Å². The Morgan fingerprint density at radius 2 is 2.35 bits per heavy atom. The number of likely N-dealkylation sites (N-methyl/N-ethyl adjacent to an activating group) is 1. The fraction of sp³-hybridized carbons (Fsp3) is 0.714. The molecule has 1 heterocycles. The van der Waals surface area contributed by atoms with E-state index in [1.807, 2.05) is 11.3 Å². The van der Waals surface area contributed by atoms with E-state index in [9.17, 15) is 0 Å². The molecule has 1 aromatic heterocycles. The Labute approximate surface area is 117 Å². The van der Waals surface area contributed by atoms with Crippen LogP contribution in [0.5, 0.6) is 0 Å². The van der Waals surface area contributed by atoms with Crippen LogP contribution >= 0.6 is 27.3 Å². The highest BCUT2D eigenvalue weighted by Crippen LogP contribution is 2.35. The average molecular weight is 316 g/mol. The Bertz CT molecular complexity index is 350. The lowest BCUT2D eigenvalue weighted by Crippen LogP contribution is -2.37. The van der Waals surface area contributed by atoms with Gasteiger partial charge in [-0.15, -0.1) is 11.3 Å². The summed E-state index contributed by atoms with van der Waals surface area (Å²) in [5, 5.41) is 5.88. The summed E-state index contributed by atoms with van der Waals surface area (Å²) in [5.74, 6) is 1.80. The van der Waals surface area contributed by atoms with Crippen molar-refractivity contribution in [2.75, 3.05) is 6.54 Å². The van der Waals surface area contributed by atoms with E-state index in [4.69, 9.17) is 0 Å². The molecule has 0 bridgehead atoms. The zero-order chi connectivity index (χ0) is 12.3. The van der Waals surface area contributed by atoms with Gasteiger partial charge >= 0.3 is 0 Å². The molecule has 1 aliphatic carbocycles. The Balaban J connectivity index is 2.00. The minimum atomic E-state index is 0.667. The lowest BCUT2D eigenvalue weighted by atomic mass is 9.94. The smallest absolute Gasteiger partial charge is 0.0314 e. The second-order valence-electron chi connectivity index (χ2n) is 5.24. The fourth-order valence-corrected chi connectivity index (χ4v) is 4.53. The molecule has 3 heteroatoms. The van der Waals surface area contributed by atoms with Crippen molar-refractivity contribution in [2.24, 2.45) is 11.8 Å². The maximum atomic E-state index is 3.70. The van der Waals surface area contributed by atoms with Crippen LogP contribution in [-0.2, 0) is 6.42 Å². The predicted octanol–water partition coefficient (Wildman–Crippen LogP) is 4.47. The standard InChI is InChI=1S/C14H22BrNS/c1-3-16-13(11-5-4-10(2)8-11)9-14-12(15)6-7-17-14/h6-7,10-11,13,16H,3-5,8-9H2,1-2H3. The predicted molar refractivity (Wildman–Crippen MR) is 79.7 cm³/mol. The maximum absolute atomic E-state index is 3.70. The molecule has 0 amide bonds. The second kappa shape index (κ2) is 6.35. The molecule has 96 valence electrons. The van der Waals surface area contributed by atoms with Gasteiger partial charge in [0.1, 0.15) is 0 Å². The molecule has 3 unspecified atom stereocenters. The van der Waals surface area contributed by atoms with E-state index in [0.717, 1.165) is 18.4 Å². The fourth-order valence-electron chi connectivity index (χ4n) is 2.95. The summed E-state index contributed by atoms with van der Waals surface area (Å²) in [6.07, 6.45) is 5.41. The van der Waals surface area contributed by atoms with Gasteiger partial charge in [-0.3, -0.25) is 0 Å². The molecule has 3 atom stereocenters. The molecule has 1 fully saturated rings. The van der Waals surface area contributed by atoms with Crippen molar-refractivity contribution in [3.05, 3.63) is 20.8 Å². The van der Waals surface area contributed by atoms with Crippen LogP contribution in [0.2, 0.25) is 0 Å². The van der Waals surface area contributed by atoms with Gasteiger partial charge in [0.2, 0.25) is 0 Å². The zero-order valence-corrected chi connectivity index (χ0v) is 13.1. The van der Waals surface area contributed by atoms with Crippen LogP contribution in [0.3, 0.4) is 0 Å². The van der Waals surface area contributed by atoms with E-state index in [1.54, 1.807) is 0 Å². The van der Waals surface area contributed by atoms with Crippen molar-refractivity contribution < 1.29 is 0 Å². The summed E-state index contributed by atoms with van der Waals surface area (Å²) < 4.78 is 1.29. The molecule has 0 aromatic carbocycles. The van der Waals surface area contributed by atoms with Gasteiger partial charge in [0.05, 0.1) is 0 Å². The minimum absolute atomic E-state index is 0.667. The van der Waals surface area contributed by atoms with Crippen LogP contribution in [0.15, 0.2) is 15.9 Å². The largest absolute Gasteiger partial charge is 0.314 e. The normalized spacial score (nSPS) is 26.3. The van der Waals surface area contributed by atoms with E-state index in [-0.39, 0.29) is 0 Å². The van der Waals surface area contributed by atoms with Gasteiger partial charge in [-0.1, -0.05) is 20.3 Å². The topological polar surface area (TPSA) is 12.0 Å². The summed E-state index contributed by atoms with van der Waals surface area (Å²) in [7, 11) is 0. The van der Waals surface area contributed by atoms with Gasteiger partial charge < -0.3 is 5.32 Å². The number of rotatable bonds is 5. The van der Waals surface area contributed by atoms with E-state index in [1.165, 1.54) is 35.0 Å². The summed E-state index contributed by atoms with van der Waals surface area (Å²) >= 11 is 5.53. The summed E-state index contributed by atoms with van der Waals surface area (Å²) in [6, 6.07) is 2.83. The van der Waals surface area contributed by atoms with Gasteiger partial charge in [-0.25, -0.2) is 0 Å². The molecule has 1 saturated carbocycles. The van der Waals surface area contributed by atoms with Gasteiger partial charge in [-0.05, 0) is 65.0 Å². The lowest BCUT2D eigenvalue weighted by molar-refractivity contribution is 0.355. The van der Waals surface area contributed by atoms with Crippen molar-refractivity contribution in [1.29, 1.82) is 0 Å². The highest BCUT2D eigenvalue weighted by molar-refractivity contribution is 9.10. The SMILES string of the molecule is CCNC(Cc1sccc1Br)C1CCC(C)C1. The highest BCUT2D eigenvalue weighted by Gasteiger charge is 2.28. The Hall–Kier alpha value is 0.140. The summed E-state index contributed by atoms with van der Waals surface area (Å²) in [6.45, 7) is 5.69. The molecule has 0 aliphatic heterocycles. The first-order valence-corrected chi connectivity index (χ1v) is 8.33. The van der Waals surface area contributed by atoms with Crippen molar-refractivity contribution >= 4 is 27.3 Å². The van der Waals surface area contributed by atoms with Gasteiger partial charge in [-0.2, -0.15) is 0 Å². The average Bonchev–Trinajstić information content (AvgIpc) is 2.88. The molecule has 17 heavy (non-hydrogen) atoms. The quantitative estimate of drug-likeness (QED) is 0.845. The first-order chi connectivity index (χ1) is 8.20. The third kappa shape index (κ3) is 3.55. The number of hydrogen-bond acceptors (Lipinski definition) is 2. The third-order valence-corrected chi connectivity index (χ3v) is 5.82. The van der Waals surface area contributed by atoms with Gasteiger partial charge in [0, 0.05) is 15.4 Å². The molecular formula is C14H22BrNS. The van der Waals surface area contributed by atoms with Crippen molar-refractivity contribution in [2.45, 2.75) is 45.6 Å². The highest BCUT2D eigenvalue weighted by atomic mass is 79.9. The van der Waals surface area contributed by atoms with Gasteiger partial charge in [0.25, 0.3) is 0 Å². The van der Waals surface area contributed by atoms with Crippen molar-refractivity contribution in [3.8, 4) is 0 Å². The van der Waals surface area contributed by atoms with Crippen molar-refractivity contribution in [3.63, 3.8) is 0 Å². The van der Waals surface area contributed by atoms with Crippen molar-refractivity contribution in [1.82, 2.24) is 5.32 Å². The van der Waals surface area contributed by atoms with Crippen LogP contribution in [0.1, 0.15) is 38.0 Å². The zero-order valence-electron chi connectivity index (χ0n) is 10.7. The second-order valence-corrected chi connectivity index (χ2v) is 7.09. The number of halogens is 1. The first-order valence-electron chi connectivity index (χ1n) is 6.66. The summed E-state index contributed by atoms with van der Waals surface area (Å²) in [5.41, 5.74) is 0. The van der Waals surface area contributed by atoms with E-state index in [0.29, 0.717) is 6.04 Å². The monoisotopic (exact) mass is 315 g/mol. The number of hydrogen-bond donors (Lipinski definition) is 1. The number of thiophene rings is 1. The molecule has 0 spiro atoms. The van der Waals surface area contributed by atoms with Crippen LogP contribution < -0.4 is 5.32 Å². The Morgan fingerprint density at radius 3 is 2.88 bits per heavy atom. The van der Waals surface area contributed by atoms with Gasteiger partial charge in [0.15, 0.2) is 0 Å². The summed E-state index contributed by atoms with van der Waals surface area (Å²) in [4.78, 5) is 1.50. The molecular weight excluding hydrogens is 294 g/mol. The van der Waals surface area contributed by atoms with Crippen LogP contribution in [0, 0.1) is 11.8 Å². The van der Waals surface area contributed by atoms with Crippen LogP contribution in [0.25, 0.3) is 0 Å². The molecule has 1 N–H and O–H groups in total. The Morgan fingerprint density at radius 1 is 1.53 bits per heavy atom. The molecule has 1 aromatic rings. The minimum Gasteiger partial charge on any atom is -0.314 e. The van der Waals surface area contributed by atoms with Crippen LogP contribution in [0.4, 0.5) is 0 Å². The molecule has 2 rings (SSSR count). The maximum Gasteiger partial charge on any atom is 0.0314 e. The first kappa shape index (κ1) is 13.6. The van der Waals surface area contributed by atoms with E-state index >= 15 is 0 Å².